The molecule has 1 aromatic rings. The largest absolute Gasteiger partial charge is 0.374 e. The van der Waals surface area contributed by atoms with E-state index in [4.69, 9.17) is 4.74 Å². The second-order valence-corrected chi connectivity index (χ2v) is 8.72. The standard InChI is InChI=1S/C19H26N2O2S/c1-14-20-17(11-24-14)10-23-13-19-8-4-7-16(19)9-21(12-19)18(22)15-5-2-3-6-15/h2-3,11,15-16H,4-10,12-13H2,1H3/t16-,19+/m1/s1. The first kappa shape index (κ1) is 16.3. The normalized spacial score (nSPS) is 29.5. The Morgan fingerprint density at radius 3 is 3.04 bits per heavy atom. The van der Waals surface area contributed by atoms with Gasteiger partial charge in [0, 0.05) is 29.8 Å². The van der Waals surface area contributed by atoms with E-state index in [1.54, 1.807) is 11.3 Å². The second-order valence-electron chi connectivity index (χ2n) is 7.66. The van der Waals surface area contributed by atoms with Gasteiger partial charge in [-0.25, -0.2) is 4.98 Å². The van der Waals surface area contributed by atoms with E-state index in [2.05, 4.69) is 27.4 Å². The number of rotatable bonds is 5. The predicted octanol–water partition coefficient (Wildman–Crippen LogP) is 3.56. The third-order valence-electron chi connectivity index (χ3n) is 6.01. The molecule has 2 aliphatic carbocycles. The molecule has 1 aliphatic heterocycles. The molecule has 0 aromatic carbocycles. The van der Waals surface area contributed by atoms with Crippen molar-refractivity contribution in [1.82, 2.24) is 9.88 Å². The molecule has 1 saturated heterocycles. The summed E-state index contributed by atoms with van der Waals surface area (Å²) in [7, 11) is 0. The summed E-state index contributed by atoms with van der Waals surface area (Å²) in [4.78, 5) is 19.4. The molecule has 0 unspecified atom stereocenters. The molecule has 4 nitrogen and oxygen atoms in total. The van der Waals surface area contributed by atoms with Gasteiger partial charge in [0.2, 0.25) is 5.91 Å². The number of nitrogens with zero attached hydrogens (tertiary/aromatic N) is 2. The van der Waals surface area contributed by atoms with Gasteiger partial charge in [-0.05, 0) is 38.5 Å². The van der Waals surface area contributed by atoms with Crippen LogP contribution in [0.5, 0.6) is 0 Å². The second kappa shape index (κ2) is 6.60. The maximum atomic E-state index is 12.8. The minimum Gasteiger partial charge on any atom is -0.374 e. The Bertz CT molecular complexity index is 633. The molecule has 0 N–H and O–H groups in total. The first-order valence-electron chi connectivity index (χ1n) is 9.09. The summed E-state index contributed by atoms with van der Waals surface area (Å²) in [6.45, 7) is 5.22. The Kier molecular flexibility index (Phi) is 4.48. The van der Waals surface area contributed by atoms with Gasteiger partial charge < -0.3 is 9.64 Å². The van der Waals surface area contributed by atoms with Crippen molar-refractivity contribution >= 4 is 17.2 Å². The van der Waals surface area contributed by atoms with E-state index in [1.165, 1.54) is 19.3 Å². The fraction of sp³-hybridized carbons (Fsp3) is 0.684. The first-order chi connectivity index (χ1) is 11.7. The van der Waals surface area contributed by atoms with Crippen molar-refractivity contribution in [3.8, 4) is 0 Å². The lowest BCUT2D eigenvalue weighted by molar-refractivity contribution is -0.134. The summed E-state index contributed by atoms with van der Waals surface area (Å²) in [6.07, 6.45) is 9.85. The van der Waals surface area contributed by atoms with Gasteiger partial charge in [0.1, 0.15) is 0 Å². The number of carbonyl (C=O) groups is 1. The number of carbonyl (C=O) groups excluding carboxylic acids is 1. The number of ether oxygens (including phenoxy) is 1. The molecule has 2 heterocycles. The number of hydrogen-bond donors (Lipinski definition) is 0. The number of amides is 1. The zero-order chi connectivity index (χ0) is 16.6. The maximum Gasteiger partial charge on any atom is 0.226 e. The van der Waals surface area contributed by atoms with E-state index in [-0.39, 0.29) is 11.3 Å². The van der Waals surface area contributed by atoms with Crippen molar-refractivity contribution in [2.75, 3.05) is 19.7 Å². The van der Waals surface area contributed by atoms with Gasteiger partial charge in [-0.2, -0.15) is 0 Å². The third-order valence-corrected chi connectivity index (χ3v) is 6.84. The van der Waals surface area contributed by atoms with Crippen LogP contribution in [-0.4, -0.2) is 35.5 Å². The Morgan fingerprint density at radius 1 is 1.46 bits per heavy atom. The highest BCUT2D eigenvalue weighted by molar-refractivity contribution is 7.09. The average Bonchev–Trinajstić information content (AvgIpc) is 3.29. The van der Waals surface area contributed by atoms with Crippen molar-refractivity contribution in [1.29, 1.82) is 0 Å². The summed E-state index contributed by atoms with van der Waals surface area (Å²) in [5.41, 5.74) is 1.22. The molecule has 24 heavy (non-hydrogen) atoms. The lowest BCUT2D eigenvalue weighted by atomic mass is 9.81. The fourth-order valence-electron chi connectivity index (χ4n) is 4.73. The van der Waals surface area contributed by atoms with Gasteiger partial charge in [-0.3, -0.25) is 4.79 Å². The molecule has 5 heteroatoms. The molecule has 1 aromatic heterocycles. The predicted molar refractivity (Wildman–Crippen MR) is 94.7 cm³/mol. The van der Waals surface area contributed by atoms with Gasteiger partial charge in [-0.1, -0.05) is 18.6 Å². The Balaban J connectivity index is 1.36. The summed E-state index contributed by atoms with van der Waals surface area (Å²) in [5.74, 6) is 1.18. The third kappa shape index (κ3) is 3.04. The highest BCUT2D eigenvalue weighted by Gasteiger charge is 2.51. The molecular weight excluding hydrogens is 320 g/mol. The molecule has 1 saturated carbocycles. The van der Waals surface area contributed by atoms with E-state index in [1.807, 2.05) is 6.92 Å². The minimum absolute atomic E-state index is 0.187. The molecule has 0 bridgehead atoms. The number of hydrogen-bond acceptors (Lipinski definition) is 4. The highest BCUT2D eigenvalue weighted by Crippen LogP contribution is 2.49. The number of aryl methyl sites for hydroxylation is 1. The van der Waals surface area contributed by atoms with Crippen LogP contribution >= 0.6 is 11.3 Å². The molecule has 0 radical (unpaired) electrons. The maximum absolute atomic E-state index is 12.8. The van der Waals surface area contributed by atoms with Gasteiger partial charge in [0.25, 0.3) is 0 Å². The van der Waals surface area contributed by atoms with Crippen molar-refractivity contribution < 1.29 is 9.53 Å². The van der Waals surface area contributed by atoms with Crippen molar-refractivity contribution in [2.45, 2.75) is 45.6 Å². The first-order valence-corrected chi connectivity index (χ1v) is 9.97. The van der Waals surface area contributed by atoms with Gasteiger partial charge >= 0.3 is 0 Å². The van der Waals surface area contributed by atoms with E-state index < -0.39 is 0 Å². The van der Waals surface area contributed by atoms with Crippen LogP contribution in [-0.2, 0) is 16.1 Å². The van der Waals surface area contributed by atoms with Gasteiger partial charge in [0.05, 0.1) is 23.9 Å². The van der Waals surface area contributed by atoms with Crippen LogP contribution in [0, 0.1) is 24.2 Å². The number of aromatic nitrogens is 1. The zero-order valence-corrected chi connectivity index (χ0v) is 15.2. The number of allylic oxidation sites excluding steroid dienone is 2. The molecule has 3 aliphatic rings. The van der Waals surface area contributed by atoms with E-state index >= 15 is 0 Å². The lowest BCUT2D eigenvalue weighted by Gasteiger charge is -2.29. The SMILES string of the molecule is Cc1nc(COC[C@@]23CCC[C@@H]2CN(C(=O)C2CC=CC2)C3)cs1. The number of fused-ring (bicyclic) bond motifs is 1. The van der Waals surface area contributed by atoms with E-state index in [9.17, 15) is 4.79 Å². The average molecular weight is 346 g/mol. The van der Waals surface area contributed by atoms with Gasteiger partial charge in [0.15, 0.2) is 0 Å². The smallest absolute Gasteiger partial charge is 0.226 e. The minimum atomic E-state index is 0.187. The number of thiazole rings is 1. The van der Waals surface area contributed by atoms with Crippen LogP contribution in [0.15, 0.2) is 17.5 Å². The Labute approximate surface area is 147 Å². The molecule has 130 valence electrons. The molecule has 1 amide bonds. The highest BCUT2D eigenvalue weighted by atomic mass is 32.1. The van der Waals surface area contributed by atoms with Crippen molar-refractivity contribution in [3.63, 3.8) is 0 Å². The van der Waals surface area contributed by atoms with Gasteiger partial charge in [-0.15, -0.1) is 11.3 Å². The summed E-state index contributed by atoms with van der Waals surface area (Å²) in [6, 6.07) is 0. The summed E-state index contributed by atoms with van der Waals surface area (Å²) >= 11 is 1.67. The lowest BCUT2D eigenvalue weighted by Crippen LogP contribution is -2.37. The fourth-order valence-corrected chi connectivity index (χ4v) is 5.33. The van der Waals surface area contributed by atoms with Crippen molar-refractivity contribution in [3.05, 3.63) is 28.2 Å². The van der Waals surface area contributed by atoms with E-state index in [0.29, 0.717) is 18.4 Å². The van der Waals surface area contributed by atoms with Crippen LogP contribution in [0.2, 0.25) is 0 Å². The van der Waals surface area contributed by atoms with Crippen LogP contribution in [0.25, 0.3) is 0 Å². The van der Waals surface area contributed by atoms with E-state index in [0.717, 1.165) is 43.2 Å². The van der Waals surface area contributed by atoms with Crippen molar-refractivity contribution in [2.24, 2.45) is 17.3 Å². The molecule has 0 spiro atoms. The zero-order valence-electron chi connectivity index (χ0n) is 14.4. The van der Waals surface area contributed by atoms with Crippen LogP contribution < -0.4 is 0 Å². The number of likely N-dealkylation sites (tertiary alicyclic amines) is 1. The Hall–Kier alpha value is -1.20. The monoisotopic (exact) mass is 346 g/mol. The van der Waals surface area contributed by atoms with Crippen LogP contribution in [0.1, 0.15) is 42.8 Å². The quantitative estimate of drug-likeness (QED) is 0.766. The summed E-state index contributed by atoms with van der Waals surface area (Å²) in [5, 5.41) is 3.17. The molecular formula is C19H26N2O2S. The molecule has 2 fully saturated rings. The Morgan fingerprint density at radius 2 is 2.29 bits per heavy atom. The van der Waals surface area contributed by atoms with Crippen LogP contribution in [0.4, 0.5) is 0 Å². The summed E-state index contributed by atoms with van der Waals surface area (Å²) < 4.78 is 6.07. The topological polar surface area (TPSA) is 42.4 Å². The van der Waals surface area contributed by atoms with Crippen LogP contribution in [0.3, 0.4) is 0 Å². The molecule has 4 rings (SSSR count). The molecule has 2 atom stereocenters.